The Hall–Kier alpha value is -2.31. The van der Waals surface area contributed by atoms with Gasteiger partial charge in [-0.3, -0.25) is 14.9 Å². The number of ether oxygens (including phenoxy) is 1. The summed E-state index contributed by atoms with van der Waals surface area (Å²) in [5.74, 6) is 0.605. The number of nitrogen functional groups attached to an aromatic ring is 1. The molecule has 1 fully saturated rings. The third kappa shape index (κ3) is 4.12. The quantitative estimate of drug-likeness (QED) is 0.492. The van der Waals surface area contributed by atoms with E-state index in [-0.39, 0.29) is 34.6 Å². The molecule has 2 rings (SSSR count). The van der Waals surface area contributed by atoms with Crippen molar-refractivity contribution in [3.8, 4) is 5.75 Å². The molecule has 0 aliphatic heterocycles. The lowest BCUT2D eigenvalue weighted by atomic mass is 9.87. The highest BCUT2D eigenvalue weighted by atomic mass is 16.6. The van der Waals surface area contributed by atoms with Gasteiger partial charge in [0.15, 0.2) is 0 Å². The van der Waals surface area contributed by atoms with Crippen molar-refractivity contribution >= 4 is 17.3 Å². The first-order valence-corrected chi connectivity index (χ1v) is 7.94. The van der Waals surface area contributed by atoms with Gasteiger partial charge in [0, 0.05) is 18.2 Å². The zero-order chi connectivity index (χ0) is 17.0. The minimum atomic E-state index is -0.593. The molecule has 1 aliphatic carbocycles. The van der Waals surface area contributed by atoms with Gasteiger partial charge in [-0.05, 0) is 38.5 Å². The number of anilines is 1. The van der Waals surface area contributed by atoms with E-state index in [9.17, 15) is 14.9 Å². The lowest BCUT2D eigenvalue weighted by Gasteiger charge is -2.27. The molecule has 0 atom stereocenters. The van der Waals surface area contributed by atoms with Crippen molar-refractivity contribution in [2.24, 2.45) is 5.92 Å². The summed E-state index contributed by atoms with van der Waals surface area (Å²) in [6.07, 6.45) is 4.00. The Morgan fingerprint density at radius 1 is 1.39 bits per heavy atom. The van der Waals surface area contributed by atoms with Gasteiger partial charge in [-0.1, -0.05) is 6.92 Å². The number of carbonyl (C=O) groups is 1. The molecule has 1 aliphatic rings. The summed E-state index contributed by atoms with van der Waals surface area (Å²) < 4.78 is 5.42. The first-order chi connectivity index (χ1) is 10.9. The van der Waals surface area contributed by atoms with E-state index in [2.05, 4.69) is 12.2 Å². The summed E-state index contributed by atoms with van der Waals surface area (Å²) >= 11 is 0. The van der Waals surface area contributed by atoms with E-state index in [1.54, 1.807) is 6.92 Å². The number of rotatable bonds is 5. The van der Waals surface area contributed by atoms with Gasteiger partial charge in [0.2, 0.25) is 0 Å². The summed E-state index contributed by atoms with van der Waals surface area (Å²) in [6, 6.07) is 2.64. The Kier molecular flexibility index (Phi) is 5.41. The second-order valence-corrected chi connectivity index (χ2v) is 6.03. The van der Waals surface area contributed by atoms with Crippen LogP contribution in [0.25, 0.3) is 0 Å². The van der Waals surface area contributed by atoms with E-state index in [4.69, 9.17) is 10.5 Å². The molecule has 1 saturated carbocycles. The van der Waals surface area contributed by atoms with Crippen LogP contribution in [-0.4, -0.2) is 23.5 Å². The van der Waals surface area contributed by atoms with Crippen molar-refractivity contribution in [3.63, 3.8) is 0 Å². The molecule has 0 heterocycles. The Morgan fingerprint density at radius 2 is 2.04 bits per heavy atom. The lowest BCUT2D eigenvalue weighted by molar-refractivity contribution is -0.383. The highest BCUT2D eigenvalue weighted by Gasteiger charge is 2.25. The maximum Gasteiger partial charge on any atom is 0.293 e. The van der Waals surface area contributed by atoms with Crippen molar-refractivity contribution in [3.05, 3.63) is 27.8 Å². The second kappa shape index (κ2) is 7.30. The van der Waals surface area contributed by atoms with E-state index in [0.29, 0.717) is 12.5 Å². The van der Waals surface area contributed by atoms with Gasteiger partial charge in [0.05, 0.1) is 17.1 Å². The lowest BCUT2D eigenvalue weighted by Crippen LogP contribution is -2.37. The number of hydrogen-bond donors (Lipinski definition) is 2. The van der Waals surface area contributed by atoms with Crippen LogP contribution in [0.15, 0.2) is 12.1 Å². The monoisotopic (exact) mass is 321 g/mol. The van der Waals surface area contributed by atoms with Crippen LogP contribution in [0.5, 0.6) is 5.75 Å². The maximum absolute atomic E-state index is 12.5. The van der Waals surface area contributed by atoms with Crippen molar-refractivity contribution in [1.29, 1.82) is 0 Å². The predicted molar refractivity (Wildman–Crippen MR) is 87.6 cm³/mol. The Balaban J connectivity index is 2.23. The van der Waals surface area contributed by atoms with Crippen LogP contribution in [0, 0.1) is 16.0 Å². The largest absolute Gasteiger partial charge is 0.493 e. The van der Waals surface area contributed by atoms with Crippen molar-refractivity contribution in [1.82, 2.24) is 5.32 Å². The number of amides is 1. The van der Waals surface area contributed by atoms with Crippen molar-refractivity contribution in [2.45, 2.75) is 45.6 Å². The topological polar surface area (TPSA) is 107 Å². The standard InChI is InChI=1S/C16H23N3O4/c1-3-23-15-9-13(17)14(19(21)22)8-12(15)16(20)18-11-6-4-10(2)5-7-11/h8-11H,3-7,17H2,1-2H3,(H,18,20)/t10-,11-. The van der Waals surface area contributed by atoms with Crippen LogP contribution in [0.1, 0.15) is 49.9 Å². The molecule has 126 valence electrons. The molecule has 7 nitrogen and oxygen atoms in total. The summed E-state index contributed by atoms with van der Waals surface area (Å²) in [4.78, 5) is 23.0. The van der Waals surface area contributed by atoms with Gasteiger partial charge in [-0.25, -0.2) is 0 Å². The highest BCUT2D eigenvalue weighted by molar-refractivity contribution is 5.98. The minimum absolute atomic E-state index is 0.0125. The molecule has 23 heavy (non-hydrogen) atoms. The van der Waals surface area contributed by atoms with Gasteiger partial charge in [0.25, 0.3) is 11.6 Å². The molecule has 1 amide bonds. The van der Waals surface area contributed by atoms with Crippen LogP contribution >= 0.6 is 0 Å². The molecule has 0 saturated heterocycles. The van der Waals surface area contributed by atoms with Gasteiger partial charge in [0.1, 0.15) is 11.4 Å². The summed E-state index contributed by atoms with van der Waals surface area (Å²) in [5.41, 5.74) is 5.53. The van der Waals surface area contributed by atoms with Crippen LogP contribution in [-0.2, 0) is 0 Å². The predicted octanol–water partition coefficient (Wildman–Crippen LogP) is 2.88. The van der Waals surface area contributed by atoms with Gasteiger partial charge in [-0.15, -0.1) is 0 Å². The third-order valence-corrected chi connectivity index (χ3v) is 4.22. The molecule has 0 unspecified atom stereocenters. The molecule has 1 aromatic carbocycles. The number of nitro benzene ring substituents is 1. The summed E-state index contributed by atoms with van der Waals surface area (Å²) in [6.45, 7) is 4.33. The number of nitro groups is 1. The molecule has 3 N–H and O–H groups in total. The highest BCUT2D eigenvalue weighted by Crippen LogP contribution is 2.31. The average molecular weight is 321 g/mol. The fourth-order valence-electron chi connectivity index (χ4n) is 2.86. The number of hydrogen-bond acceptors (Lipinski definition) is 5. The molecular weight excluding hydrogens is 298 g/mol. The molecular formula is C16H23N3O4. The molecule has 0 radical (unpaired) electrons. The van der Waals surface area contributed by atoms with Crippen LogP contribution in [0.2, 0.25) is 0 Å². The molecule has 0 aromatic heterocycles. The minimum Gasteiger partial charge on any atom is -0.493 e. The normalized spacial score (nSPS) is 20.8. The van der Waals surface area contributed by atoms with Gasteiger partial charge < -0.3 is 15.8 Å². The zero-order valence-electron chi connectivity index (χ0n) is 13.5. The average Bonchev–Trinajstić information content (AvgIpc) is 2.49. The molecule has 1 aromatic rings. The van der Waals surface area contributed by atoms with E-state index < -0.39 is 4.92 Å². The Labute approximate surface area is 135 Å². The SMILES string of the molecule is CCOc1cc(N)c([N+](=O)[O-])cc1C(=O)N[C@H]1CC[C@H](C)CC1. The smallest absolute Gasteiger partial charge is 0.293 e. The Bertz CT molecular complexity index is 595. The van der Waals surface area contributed by atoms with Crippen molar-refractivity contribution < 1.29 is 14.5 Å². The summed E-state index contributed by atoms with van der Waals surface area (Å²) in [5, 5.41) is 14.0. The number of carbonyl (C=O) groups excluding carboxylic acids is 1. The second-order valence-electron chi connectivity index (χ2n) is 6.03. The first kappa shape index (κ1) is 17.1. The van der Waals surface area contributed by atoms with Crippen molar-refractivity contribution in [2.75, 3.05) is 12.3 Å². The Morgan fingerprint density at radius 3 is 2.61 bits per heavy atom. The first-order valence-electron chi connectivity index (χ1n) is 7.94. The number of nitrogens with two attached hydrogens (primary N) is 1. The number of benzene rings is 1. The third-order valence-electron chi connectivity index (χ3n) is 4.22. The van der Waals surface area contributed by atoms with E-state index in [1.807, 2.05) is 0 Å². The number of nitrogens with zero attached hydrogens (tertiary/aromatic N) is 1. The van der Waals surface area contributed by atoms with Crippen LogP contribution in [0.4, 0.5) is 11.4 Å². The number of nitrogens with one attached hydrogen (secondary N) is 1. The van der Waals surface area contributed by atoms with Gasteiger partial charge >= 0.3 is 0 Å². The summed E-state index contributed by atoms with van der Waals surface area (Å²) in [7, 11) is 0. The molecule has 0 spiro atoms. The molecule has 7 heteroatoms. The maximum atomic E-state index is 12.5. The fourth-order valence-corrected chi connectivity index (χ4v) is 2.86. The van der Waals surface area contributed by atoms with E-state index in [1.165, 1.54) is 12.1 Å². The van der Waals surface area contributed by atoms with Gasteiger partial charge in [-0.2, -0.15) is 0 Å². The fraction of sp³-hybridized carbons (Fsp3) is 0.562. The van der Waals surface area contributed by atoms with Crippen LogP contribution in [0.3, 0.4) is 0 Å². The zero-order valence-corrected chi connectivity index (χ0v) is 13.5. The molecule has 0 bridgehead atoms. The van der Waals surface area contributed by atoms with E-state index in [0.717, 1.165) is 25.7 Å². The van der Waals surface area contributed by atoms with E-state index >= 15 is 0 Å². The van der Waals surface area contributed by atoms with Crippen LogP contribution < -0.4 is 15.8 Å².